The average molecular weight is 291 g/mol. The Morgan fingerprint density at radius 3 is 2.10 bits per heavy atom. The Morgan fingerprint density at radius 2 is 1.65 bits per heavy atom. The zero-order valence-electron chi connectivity index (χ0n) is 10.9. The molecule has 0 aliphatic heterocycles. The van der Waals surface area contributed by atoms with Crippen LogP contribution in [0, 0.1) is 29.6 Å². The van der Waals surface area contributed by atoms with Gasteiger partial charge < -0.3 is 4.90 Å². The van der Waals surface area contributed by atoms with E-state index in [1.54, 1.807) is 24.3 Å². The van der Waals surface area contributed by atoms with Crippen molar-refractivity contribution in [3.63, 3.8) is 0 Å². The van der Waals surface area contributed by atoms with Gasteiger partial charge in [0.15, 0.2) is 9.84 Å². The molecule has 1 rings (SSSR count). The topological polar surface area (TPSA) is 102 Å². The van der Waals surface area contributed by atoms with Crippen LogP contribution in [-0.4, -0.2) is 38.1 Å². The molecule has 6 nitrogen and oxygen atoms in total. The highest BCUT2D eigenvalue weighted by atomic mass is 32.2. The molecule has 1 aromatic rings. The van der Waals surface area contributed by atoms with Gasteiger partial charge in [-0.15, -0.1) is 0 Å². The second-order valence-corrected chi connectivity index (χ2v) is 6.13. The minimum Gasteiger partial charge on any atom is -0.315 e. The van der Waals surface area contributed by atoms with E-state index >= 15 is 0 Å². The molecule has 0 spiro atoms. The Kier molecular flexibility index (Phi) is 5.24. The third-order valence-corrected chi connectivity index (χ3v) is 4.19. The van der Waals surface area contributed by atoms with Gasteiger partial charge in [-0.25, -0.2) is 8.42 Å². The third kappa shape index (κ3) is 4.08. The van der Waals surface area contributed by atoms with Crippen LogP contribution in [0.2, 0.25) is 0 Å². The molecule has 0 radical (unpaired) electrons. The summed E-state index contributed by atoms with van der Waals surface area (Å²) in [5.74, 6) is -1.51. The summed E-state index contributed by atoms with van der Waals surface area (Å²) in [6, 6.07) is 9.58. The first-order chi connectivity index (χ1) is 9.40. The molecule has 7 heteroatoms. The molecule has 1 aromatic carbocycles. The van der Waals surface area contributed by atoms with Crippen molar-refractivity contribution in [3.8, 4) is 12.1 Å². The lowest BCUT2D eigenvalue weighted by molar-refractivity contribution is -0.127. The molecule has 104 valence electrons. The lowest BCUT2D eigenvalue weighted by atomic mass is 10.2. The van der Waals surface area contributed by atoms with Crippen molar-refractivity contribution in [1.82, 2.24) is 4.90 Å². The van der Waals surface area contributed by atoms with E-state index < -0.39 is 21.5 Å². The van der Waals surface area contributed by atoms with E-state index in [-0.39, 0.29) is 18.0 Å². The maximum atomic E-state index is 12.1. The number of aryl methyl sites for hydroxylation is 1. The van der Waals surface area contributed by atoms with E-state index in [0.717, 1.165) is 10.5 Å². The molecule has 0 aliphatic rings. The Hall–Kier alpha value is -2.38. The van der Waals surface area contributed by atoms with E-state index in [1.165, 1.54) is 12.1 Å². The number of sulfone groups is 1. The van der Waals surface area contributed by atoms with E-state index in [0.29, 0.717) is 0 Å². The lowest BCUT2D eigenvalue weighted by Gasteiger charge is -2.15. The number of carbonyl (C=O) groups is 1. The molecule has 0 atom stereocenters. The predicted octanol–water partition coefficient (Wildman–Crippen LogP) is 0.644. The molecule has 0 N–H and O–H groups in total. The molecule has 0 heterocycles. The first kappa shape index (κ1) is 15.7. The van der Waals surface area contributed by atoms with Crippen LogP contribution >= 0.6 is 0 Å². The number of amides is 1. The highest BCUT2D eigenvalue weighted by molar-refractivity contribution is 7.92. The van der Waals surface area contributed by atoms with Crippen LogP contribution < -0.4 is 0 Å². The van der Waals surface area contributed by atoms with Gasteiger partial charge in [0.2, 0.25) is 5.91 Å². The van der Waals surface area contributed by atoms with E-state index in [1.807, 2.05) is 6.92 Å². The van der Waals surface area contributed by atoms with Gasteiger partial charge in [-0.05, 0) is 19.1 Å². The summed E-state index contributed by atoms with van der Waals surface area (Å²) in [6.07, 6.45) is 0. The molecular formula is C13H13N3O3S. The Bertz CT molecular complexity index is 650. The number of hydrogen-bond donors (Lipinski definition) is 0. The largest absolute Gasteiger partial charge is 0.315 e. The van der Waals surface area contributed by atoms with Crippen LogP contribution in [0.5, 0.6) is 0 Å². The van der Waals surface area contributed by atoms with Gasteiger partial charge in [-0.1, -0.05) is 17.7 Å². The molecule has 0 saturated carbocycles. The molecule has 1 amide bonds. The lowest BCUT2D eigenvalue weighted by Crippen LogP contribution is -2.36. The third-order valence-electron chi connectivity index (χ3n) is 2.57. The number of hydrogen-bond acceptors (Lipinski definition) is 5. The van der Waals surface area contributed by atoms with Crippen LogP contribution in [0.1, 0.15) is 5.56 Å². The highest BCUT2D eigenvalue weighted by Gasteiger charge is 2.23. The Morgan fingerprint density at radius 1 is 1.15 bits per heavy atom. The molecule has 0 aromatic heterocycles. The average Bonchev–Trinajstić information content (AvgIpc) is 2.38. The van der Waals surface area contributed by atoms with Crippen molar-refractivity contribution in [3.05, 3.63) is 29.8 Å². The molecule has 0 bridgehead atoms. The number of carbonyl (C=O) groups excluding carboxylic acids is 1. The molecule has 0 aliphatic carbocycles. The summed E-state index contributed by atoms with van der Waals surface area (Å²) >= 11 is 0. The number of rotatable bonds is 5. The van der Waals surface area contributed by atoms with Crippen molar-refractivity contribution in [2.75, 3.05) is 18.8 Å². The molecule has 0 unspecified atom stereocenters. The van der Waals surface area contributed by atoms with Gasteiger partial charge in [0.25, 0.3) is 0 Å². The summed E-state index contributed by atoms with van der Waals surface area (Å²) in [5.41, 5.74) is 0.908. The highest BCUT2D eigenvalue weighted by Crippen LogP contribution is 2.12. The Labute approximate surface area is 117 Å². The molecule has 20 heavy (non-hydrogen) atoms. The number of nitriles is 2. The Balaban J connectivity index is 2.90. The first-order valence-corrected chi connectivity index (χ1v) is 7.37. The van der Waals surface area contributed by atoms with Crippen LogP contribution in [-0.2, 0) is 14.6 Å². The van der Waals surface area contributed by atoms with Gasteiger partial charge in [-0.2, -0.15) is 10.5 Å². The minimum absolute atomic E-state index is 0.0466. The molecule has 0 fully saturated rings. The van der Waals surface area contributed by atoms with Crippen molar-refractivity contribution >= 4 is 15.7 Å². The van der Waals surface area contributed by atoms with Gasteiger partial charge in [0.05, 0.1) is 17.0 Å². The number of nitrogens with zero attached hydrogens (tertiary/aromatic N) is 3. The summed E-state index contributed by atoms with van der Waals surface area (Å²) in [4.78, 5) is 12.8. The smallest absolute Gasteiger partial charge is 0.239 e. The quantitative estimate of drug-likeness (QED) is 0.741. The summed E-state index contributed by atoms with van der Waals surface area (Å²) in [7, 11) is -3.77. The fraction of sp³-hybridized carbons (Fsp3) is 0.308. The van der Waals surface area contributed by atoms with Crippen LogP contribution in [0.3, 0.4) is 0 Å². The predicted molar refractivity (Wildman–Crippen MR) is 71.0 cm³/mol. The van der Waals surface area contributed by atoms with E-state index in [2.05, 4.69) is 0 Å². The summed E-state index contributed by atoms with van der Waals surface area (Å²) in [6.45, 7) is 1.20. The second-order valence-electron chi connectivity index (χ2n) is 4.14. The van der Waals surface area contributed by atoms with Gasteiger partial charge in [0.1, 0.15) is 18.8 Å². The second kappa shape index (κ2) is 6.69. The van der Waals surface area contributed by atoms with Crippen molar-refractivity contribution < 1.29 is 13.2 Å². The SMILES string of the molecule is Cc1ccc(S(=O)(=O)CC(=O)N(CC#N)CC#N)cc1. The summed E-state index contributed by atoms with van der Waals surface area (Å²) < 4.78 is 24.1. The minimum atomic E-state index is -3.77. The van der Waals surface area contributed by atoms with Crippen LogP contribution in [0.15, 0.2) is 29.2 Å². The fourth-order valence-corrected chi connectivity index (χ4v) is 2.71. The fourth-order valence-electron chi connectivity index (χ4n) is 1.49. The van der Waals surface area contributed by atoms with E-state index in [9.17, 15) is 13.2 Å². The summed E-state index contributed by atoms with van der Waals surface area (Å²) in [5, 5.41) is 17.1. The van der Waals surface area contributed by atoms with E-state index in [4.69, 9.17) is 10.5 Å². The van der Waals surface area contributed by atoms with Crippen LogP contribution in [0.25, 0.3) is 0 Å². The van der Waals surface area contributed by atoms with Crippen molar-refractivity contribution in [1.29, 1.82) is 10.5 Å². The molecule has 0 saturated heterocycles. The van der Waals surface area contributed by atoms with Gasteiger partial charge in [-0.3, -0.25) is 4.79 Å². The van der Waals surface area contributed by atoms with Crippen LogP contribution in [0.4, 0.5) is 0 Å². The number of benzene rings is 1. The first-order valence-electron chi connectivity index (χ1n) is 5.72. The van der Waals surface area contributed by atoms with Crippen molar-refractivity contribution in [2.24, 2.45) is 0 Å². The normalized spacial score (nSPS) is 10.3. The monoisotopic (exact) mass is 291 g/mol. The van der Waals surface area contributed by atoms with Crippen molar-refractivity contribution in [2.45, 2.75) is 11.8 Å². The van der Waals surface area contributed by atoms with Gasteiger partial charge >= 0.3 is 0 Å². The maximum absolute atomic E-state index is 12.1. The maximum Gasteiger partial charge on any atom is 0.239 e. The zero-order chi connectivity index (χ0) is 15.2. The van der Waals surface area contributed by atoms with Gasteiger partial charge in [0, 0.05) is 0 Å². The standard InChI is InChI=1S/C13H13N3O3S/c1-11-2-4-12(5-3-11)20(18,19)10-13(17)16(8-6-14)9-7-15/h2-5H,8-10H2,1H3. The zero-order valence-corrected chi connectivity index (χ0v) is 11.7. The molecular weight excluding hydrogens is 278 g/mol.